The predicted molar refractivity (Wildman–Crippen MR) is 137 cm³/mol. The number of carbonyl (C=O) groups is 1. The summed E-state index contributed by atoms with van der Waals surface area (Å²) in [5, 5.41) is 23.1. The number of carbonyl (C=O) groups excluding carboxylic acids is 1. The zero-order chi connectivity index (χ0) is 24.9. The van der Waals surface area contributed by atoms with E-state index in [2.05, 4.69) is 12.1 Å². The van der Waals surface area contributed by atoms with Crippen molar-refractivity contribution in [3.05, 3.63) is 120 Å². The van der Waals surface area contributed by atoms with Crippen LogP contribution in [0.25, 0.3) is 16.8 Å². The Morgan fingerprint density at radius 1 is 0.861 bits per heavy atom. The minimum absolute atomic E-state index is 0.184. The number of nitriles is 2. The van der Waals surface area contributed by atoms with E-state index in [-0.39, 0.29) is 5.78 Å². The van der Waals surface area contributed by atoms with Crippen LogP contribution in [0.5, 0.6) is 0 Å². The monoisotopic (exact) mass is 469 g/mol. The van der Waals surface area contributed by atoms with Crippen molar-refractivity contribution >= 4 is 28.3 Å². The average Bonchev–Trinajstić information content (AvgIpc) is 3.24. The third kappa shape index (κ3) is 3.00. The van der Waals surface area contributed by atoms with E-state index in [0.29, 0.717) is 11.1 Å². The first-order valence-corrected chi connectivity index (χ1v) is 11.7. The molecular weight excluding hydrogens is 449 g/mol. The van der Waals surface area contributed by atoms with Crippen LogP contribution in [0.2, 0.25) is 0 Å². The largest absolute Gasteiger partial charge is 0.351 e. The Labute approximate surface area is 208 Å². The standard InChI is InChI=1S/C31H20FN3O/c32-23-13-10-21(11-14-23)28-29(30(36)22-7-2-1-3-8-22)35-26-16-12-20-6-4-5-9-24(20)25(26)15-17-27(35)31(28,18-33)19-34/h1-17,27-29H/t27-,28-,29-/m1/s1. The van der Waals surface area contributed by atoms with E-state index in [4.69, 9.17) is 0 Å². The maximum atomic E-state index is 14.2. The van der Waals surface area contributed by atoms with Crippen LogP contribution in [-0.4, -0.2) is 17.9 Å². The molecule has 0 unspecified atom stereocenters. The Morgan fingerprint density at radius 3 is 2.28 bits per heavy atom. The Bertz CT molecular complexity index is 1600. The number of nitrogens with zero attached hydrogens (tertiary/aromatic N) is 3. The molecule has 0 amide bonds. The maximum Gasteiger partial charge on any atom is 0.185 e. The van der Waals surface area contributed by atoms with E-state index >= 15 is 0 Å². The highest BCUT2D eigenvalue weighted by Gasteiger charge is 2.63. The van der Waals surface area contributed by atoms with Crippen molar-refractivity contribution in [3.8, 4) is 12.1 Å². The van der Waals surface area contributed by atoms with Gasteiger partial charge in [0.15, 0.2) is 11.2 Å². The molecule has 3 atom stereocenters. The molecule has 0 radical (unpaired) electrons. The number of fused-ring (bicyclic) bond motifs is 5. The molecule has 4 aromatic rings. The molecule has 0 N–H and O–H groups in total. The van der Waals surface area contributed by atoms with Gasteiger partial charge < -0.3 is 4.90 Å². The van der Waals surface area contributed by atoms with E-state index in [1.54, 1.807) is 36.4 Å². The third-order valence-electron chi connectivity index (χ3n) is 7.47. The Kier molecular flexibility index (Phi) is 4.95. The van der Waals surface area contributed by atoms with Crippen LogP contribution in [0, 0.1) is 33.9 Å². The minimum atomic E-state index is -1.56. The molecular formula is C31H20FN3O. The van der Waals surface area contributed by atoms with Crippen molar-refractivity contribution in [2.24, 2.45) is 5.41 Å². The highest BCUT2D eigenvalue weighted by molar-refractivity contribution is 6.06. The fourth-order valence-electron chi connectivity index (χ4n) is 5.86. The predicted octanol–water partition coefficient (Wildman–Crippen LogP) is 6.26. The van der Waals surface area contributed by atoms with Gasteiger partial charge in [0.25, 0.3) is 0 Å². The van der Waals surface area contributed by atoms with Crippen LogP contribution >= 0.6 is 0 Å². The molecule has 0 saturated carbocycles. The molecule has 1 fully saturated rings. The van der Waals surface area contributed by atoms with Gasteiger partial charge in [-0.3, -0.25) is 4.79 Å². The lowest BCUT2D eigenvalue weighted by atomic mass is 9.69. The zero-order valence-electron chi connectivity index (χ0n) is 19.2. The van der Waals surface area contributed by atoms with Gasteiger partial charge in [0.05, 0.1) is 18.2 Å². The number of rotatable bonds is 3. The molecule has 2 aliphatic heterocycles. The molecule has 1 saturated heterocycles. The number of halogens is 1. The van der Waals surface area contributed by atoms with Crippen molar-refractivity contribution in [3.63, 3.8) is 0 Å². The van der Waals surface area contributed by atoms with Crippen LogP contribution in [0.3, 0.4) is 0 Å². The first-order valence-electron chi connectivity index (χ1n) is 11.7. The molecule has 0 aromatic heterocycles. The van der Waals surface area contributed by atoms with Gasteiger partial charge in [-0.1, -0.05) is 84.9 Å². The molecule has 0 aliphatic carbocycles. The molecule has 36 heavy (non-hydrogen) atoms. The van der Waals surface area contributed by atoms with Crippen LogP contribution in [-0.2, 0) is 0 Å². The number of Topliss-reactive ketones (excluding diaryl/α,β-unsaturated/α-hetero) is 1. The van der Waals surface area contributed by atoms with Crippen molar-refractivity contribution < 1.29 is 9.18 Å². The second-order valence-electron chi connectivity index (χ2n) is 9.23. The number of benzene rings is 4. The Morgan fingerprint density at radius 2 is 1.56 bits per heavy atom. The molecule has 4 nitrogen and oxygen atoms in total. The fraction of sp³-hybridized carbons (Fsp3) is 0.129. The van der Waals surface area contributed by atoms with Crippen molar-refractivity contribution in [1.29, 1.82) is 10.5 Å². The summed E-state index contributed by atoms with van der Waals surface area (Å²) < 4.78 is 13.9. The van der Waals surface area contributed by atoms with E-state index in [9.17, 15) is 19.7 Å². The second kappa shape index (κ2) is 8.18. The summed E-state index contributed by atoms with van der Waals surface area (Å²) in [6, 6.07) is 29.8. The van der Waals surface area contributed by atoms with Gasteiger partial charge in [0, 0.05) is 22.7 Å². The lowest BCUT2D eigenvalue weighted by Crippen LogP contribution is -2.44. The van der Waals surface area contributed by atoms with Crippen LogP contribution in [0.15, 0.2) is 97.1 Å². The molecule has 6 rings (SSSR count). The van der Waals surface area contributed by atoms with Crippen molar-refractivity contribution in [1.82, 2.24) is 0 Å². The topological polar surface area (TPSA) is 67.9 Å². The third-order valence-corrected chi connectivity index (χ3v) is 7.47. The Hall–Kier alpha value is -4.74. The minimum Gasteiger partial charge on any atom is -0.351 e. The van der Waals surface area contributed by atoms with Crippen molar-refractivity contribution in [2.45, 2.75) is 18.0 Å². The fourth-order valence-corrected chi connectivity index (χ4v) is 5.86. The molecule has 5 heteroatoms. The first kappa shape index (κ1) is 21.8. The number of hydrogen-bond acceptors (Lipinski definition) is 4. The van der Waals surface area contributed by atoms with Gasteiger partial charge in [-0.15, -0.1) is 0 Å². The Balaban J connectivity index is 1.64. The van der Waals surface area contributed by atoms with E-state index < -0.39 is 29.2 Å². The molecule has 0 bridgehead atoms. The molecule has 4 aromatic carbocycles. The van der Waals surface area contributed by atoms with Gasteiger partial charge in [-0.25, -0.2) is 4.39 Å². The van der Waals surface area contributed by atoms with E-state index in [1.807, 2.05) is 59.5 Å². The summed E-state index contributed by atoms with van der Waals surface area (Å²) in [5.74, 6) is -1.40. The van der Waals surface area contributed by atoms with Gasteiger partial charge in [-0.2, -0.15) is 10.5 Å². The van der Waals surface area contributed by atoms with Gasteiger partial charge in [-0.05, 0) is 34.5 Å². The summed E-state index contributed by atoms with van der Waals surface area (Å²) in [6.07, 6.45) is 3.83. The lowest BCUT2D eigenvalue weighted by Gasteiger charge is -2.36. The van der Waals surface area contributed by atoms with Crippen molar-refractivity contribution in [2.75, 3.05) is 4.90 Å². The molecule has 172 valence electrons. The molecule has 0 spiro atoms. The lowest BCUT2D eigenvalue weighted by molar-refractivity contribution is 0.0951. The molecule has 2 aliphatic rings. The quantitative estimate of drug-likeness (QED) is 0.332. The highest BCUT2D eigenvalue weighted by Crippen LogP contribution is 2.56. The number of hydrogen-bond donors (Lipinski definition) is 0. The first-order chi connectivity index (χ1) is 17.6. The zero-order valence-corrected chi connectivity index (χ0v) is 19.2. The smallest absolute Gasteiger partial charge is 0.185 e. The number of ketones is 1. The van der Waals surface area contributed by atoms with Crippen LogP contribution in [0.4, 0.5) is 10.1 Å². The van der Waals surface area contributed by atoms with Crippen LogP contribution < -0.4 is 4.90 Å². The summed E-state index contributed by atoms with van der Waals surface area (Å²) in [4.78, 5) is 16.1. The summed E-state index contributed by atoms with van der Waals surface area (Å²) in [6.45, 7) is 0. The average molecular weight is 470 g/mol. The highest BCUT2D eigenvalue weighted by atomic mass is 19.1. The van der Waals surface area contributed by atoms with Gasteiger partial charge in [0.1, 0.15) is 11.9 Å². The summed E-state index contributed by atoms with van der Waals surface area (Å²) >= 11 is 0. The van der Waals surface area contributed by atoms with E-state index in [0.717, 1.165) is 22.0 Å². The van der Waals surface area contributed by atoms with Crippen LogP contribution in [0.1, 0.15) is 27.4 Å². The van der Waals surface area contributed by atoms with Gasteiger partial charge in [0.2, 0.25) is 0 Å². The van der Waals surface area contributed by atoms with E-state index in [1.165, 1.54) is 12.1 Å². The number of anilines is 1. The maximum absolute atomic E-state index is 14.2. The SMILES string of the molecule is N#CC1(C#N)[C@H](c2ccc(F)cc2)[C@H](C(=O)c2ccccc2)N2c3ccc4ccccc4c3C=C[C@@H]21. The summed E-state index contributed by atoms with van der Waals surface area (Å²) in [5.41, 5.74) is 1.26. The normalized spacial score (nSPS) is 21.3. The summed E-state index contributed by atoms with van der Waals surface area (Å²) in [7, 11) is 0. The second-order valence-corrected chi connectivity index (χ2v) is 9.23. The molecule has 2 heterocycles. The van der Waals surface area contributed by atoms with Gasteiger partial charge >= 0.3 is 0 Å².